The van der Waals surface area contributed by atoms with Crippen LogP contribution in [0.1, 0.15) is 26.7 Å². The maximum Gasteiger partial charge on any atom is 0.338 e. The molecule has 4 N–H and O–H groups in total. The Morgan fingerprint density at radius 1 is 0.933 bits per heavy atom. The lowest BCUT2D eigenvalue weighted by Crippen LogP contribution is -2.10. The molecule has 0 saturated heterocycles. The molecule has 2 atom stereocenters. The van der Waals surface area contributed by atoms with E-state index in [2.05, 4.69) is 0 Å². The molecule has 15 heavy (non-hydrogen) atoms. The van der Waals surface area contributed by atoms with Crippen molar-refractivity contribution in [3.8, 4) is 0 Å². The van der Waals surface area contributed by atoms with E-state index in [9.17, 15) is 9.13 Å². The highest BCUT2D eigenvalue weighted by Gasteiger charge is 2.36. The second-order valence-corrected chi connectivity index (χ2v) is 8.75. The molecule has 0 amide bonds. The molecule has 0 aliphatic rings. The Bertz CT molecular complexity index is 255. The third kappa shape index (κ3) is 5.50. The molecule has 0 aliphatic carbocycles. The van der Waals surface area contributed by atoms with Crippen molar-refractivity contribution in [3.63, 3.8) is 0 Å². The lowest BCUT2D eigenvalue weighted by molar-refractivity contribution is 0.367. The van der Waals surface area contributed by atoms with Crippen LogP contribution >= 0.6 is 27.0 Å². The first-order valence-corrected chi connectivity index (χ1v) is 8.69. The van der Waals surface area contributed by atoms with Crippen LogP contribution in [0.3, 0.4) is 0 Å². The van der Waals surface area contributed by atoms with Gasteiger partial charge in [-0.25, -0.2) is 0 Å². The molecule has 0 saturated carbocycles. The highest BCUT2D eigenvalue weighted by molar-refractivity contribution is 8.10. The van der Waals surface area contributed by atoms with Crippen molar-refractivity contribution >= 4 is 27.0 Å². The summed E-state index contributed by atoms with van der Waals surface area (Å²) in [5.74, 6) is 0. The van der Waals surface area contributed by atoms with Gasteiger partial charge in [0.25, 0.3) is 0 Å². The predicted molar refractivity (Wildman–Crippen MR) is 59.8 cm³/mol. The Morgan fingerprint density at radius 2 is 1.20 bits per heavy atom. The monoisotopic (exact) mass is 278 g/mol. The third-order valence-electron chi connectivity index (χ3n) is 1.76. The zero-order chi connectivity index (χ0) is 12.3. The quantitative estimate of drug-likeness (QED) is 0.545. The average Bonchev–Trinajstić information content (AvgIpc) is 2.01. The molecule has 0 heterocycles. The van der Waals surface area contributed by atoms with Crippen LogP contribution in [0.5, 0.6) is 0 Å². The minimum absolute atomic E-state index is 0.172. The Morgan fingerprint density at radius 3 is 1.33 bits per heavy atom. The van der Waals surface area contributed by atoms with Gasteiger partial charge in [-0.1, -0.05) is 13.8 Å². The highest BCUT2D eigenvalue weighted by Crippen LogP contribution is 2.57. The van der Waals surface area contributed by atoms with Gasteiger partial charge in [-0.2, -0.15) is 0 Å². The molecule has 0 spiro atoms. The lowest BCUT2D eigenvalue weighted by atomic mass is 10.6. The fourth-order valence-corrected chi connectivity index (χ4v) is 5.14. The first-order valence-electron chi connectivity index (χ1n) is 4.38. The normalized spacial score (nSPS) is 17.5. The van der Waals surface area contributed by atoms with Crippen LogP contribution in [0.25, 0.3) is 0 Å². The first kappa shape index (κ1) is 15.7. The van der Waals surface area contributed by atoms with Gasteiger partial charge < -0.3 is 19.6 Å². The van der Waals surface area contributed by atoms with Gasteiger partial charge in [0.2, 0.25) is 0 Å². The van der Waals surface area contributed by atoms with Crippen LogP contribution in [0, 0.1) is 0 Å². The molecule has 0 aromatic rings. The Kier molecular flexibility index (Phi) is 6.08. The molecule has 0 aromatic heterocycles. The van der Waals surface area contributed by atoms with Crippen LogP contribution in [0.4, 0.5) is 0 Å². The number of hydrogen-bond donors (Lipinski definition) is 4. The van der Waals surface area contributed by atoms with E-state index >= 15 is 0 Å². The minimum Gasteiger partial charge on any atom is -0.324 e. The molecule has 6 nitrogen and oxygen atoms in total. The Labute approximate surface area is 92.8 Å². The zero-order valence-electron chi connectivity index (χ0n) is 8.48. The third-order valence-corrected chi connectivity index (χ3v) is 7.67. The maximum atomic E-state index is 11.0. The fourth-order valence-electron chi connectivity index (χ4n) is 1.01. The van der Waals surface area contributed by atoms with E-state index in [0.717, 1.165) is 0 Å². The molecule has 0 aromatic carbocycles. The van der Waals surface area contributed by atoms with Gasteiger partial charge in [-0.15, -0.1) is 11.8 Å². The van der Waals surface area contributed by atoms with Crippen LogP contribution in [0.15, 0.2) is 0 Å². The first-order chi connectivity index (χ1) is 6.62. The minimum atomic E-state index is -4.29. The summed E-state index contributed by atoms with van der Waals surface area (Å²) < 4.78 is 21.9. The summed E-state index contributed by atoms with van der Waals surface area (Å²) in [6.07, 6.45) is 0.344. The van der Waals surface area contributed by atoms with E-state index in [0.29, 0.717) is 11.8 Å². The van der Waals surface area contributed by atoms with Gasteiger partial charge in [-0.3, -0.25) is 9.13 Å². The van der Waals surface area contributed by atoms with Gasteiger partial charge in [-0.05, 0) is 12.8 Å². The summed E-state index contributed by atoms with van der Waals surface area (Å²) >= 11 is 0.677. The van der Waals surface area contributed by atoms with Gasteiger partial charge in [0, 0.05) is 0 Å². The van der Waals surface area contributed by atoms with Crippen LogP contribution in [0.2, 0.25) is 0 Å². The molecular formula is C6H16O6P2S. The zero-order valence-corrected chi connectivity index (χ0v) is 11.1. The van der Waals surface area contributed by atoms with Crippen LogP contribution < -0.4 is 0 Å². The van der Waals surface area contributed by atoms with Crippen molar-refractivity contribution in [1.29, 1.82) is 0 Å². The Hall–Kier alpha value is 0.650. The van der Waals surface area contributed by atoms with Crippen molar-refractivity contribution in [3.05, 3.63) is 0 Å². The van der Waals surface area contributed by atoms with Gasteiger partial charge in [0.15, 0.2) is 0 Å². The predicted octanol–water partition coefficient (Wildman–Crippen LogP) is 1.55. The smallest absolute Gasteiger partial charge is 0.324 e. The molecule has 0 fully saturated rings. The SMILES string of the molecule is CCC(SC(CC)P(=O)(O)O)P(=O)(O)O. The molecule has 0 radical (unpaired) electrons. The van der Waals surface area contributed by atoms with Crippen molar-refractivity contribution < 1.29 is 28.7 Å². The largest absolute Gasteiger partial charge is 0.338 e. The summed E-state index contributed by atoms with van der Waals surface area (Å²) in [6, 6.07) is 0. The van der Waals surface area contributed by atoms with Crippen LogP contribution in [-0.2, 0) is 9.13 Å². The van der Waals surface area contributed by atoms with Gasteiger partial charge >= 0.3 is 15.2 Å². The summed E-state index contributed by atoms with van der Waals surface area (Å²) in [4.78, 5) is 33.6. The molecule has 0 rings (SSSR count). The highest BCUT2D eigenvalue weighted by atomic mass is 32.2. The summed E-state index contributed by atoms with van der Waals surface area (Å²) in [6.45, 7) is 3.15. The van der Waals surface area contributed by atoms with Crippen molar-refractivity contribution in [2.45, 2.75) is 36.7 Å². The molecule has 9 heteroatoms. The van der Waals surface area contributed by atoms with Gasteiger partial charge in [0.05, 0.1) is 0 Å². The van der Waals surface area contributed by atoms with Gasteiger partial charge in [0.1, 0.15) is 9.98 Å². The summed E-state index contributed by atoms with van der Waals surface area (Å²) in [7, 11) is -8.59. The molecular weight excluding hydrogens is 262 g/mol. The second-order valence-electron chi connectivity index (χ2n) is 3.04. The summed E-state index contributed by atoms with van der Waals surface area (Å²) in [5, 5.41) is 0. The van der Waals surface area contributed by atoms with E-state index in [1.54, 1.807) is 13.8 Å². The average molecular weight is 278 g/mol. The molecule has 92 valence electrons. The number of rotatable bonds is 6. The maximum absolute atomic E-state index is 11.0. The van der Waals surface area contributed by atoms with E-state index in [1.807, 2.05) is 0 Å². The standard InChI is InChI=1S/C6H16O6P2S/c1-3-5(13(7,8)9)15-6(4-2)14(10,11)12/h5-6H,3-4H2,1-2H3,(H2,7,8,9)(H2,10,11,12). The van der Waals surface area contributed by atoms with E-state index in [4.69, 9.17) is 19.6 Å². The van der Waals surface area contributed by atoms with Crippen molar-refractivity contribution in [2.75, 3.05) is 0 Å². The Balaban J connectivity index is 4.67. The number of hydrogen-bond acceptors (Lipinski definition) is 3. The number of thioether (sulfide) groups is 1. The summed E-state index contributed by atoms with van der Waals surface area (Å²) in [5.41, 5.74) is 0. The van der Waals surface area contributed by atoms with E-state index < -0.39 is 25.2 Å². The van der Waals surface area contributed by atoms with E-state index in [-0.39, 0.29) is 12.8 Å². The molecule has 2 unspecified atom stereocenters. The van der Waals surface area contributed by atoms with E-state index in [1.165, 1.54) is 0 Å². The lowest BCUT2D eigenvalue weighted by Gasteiger charge is -2.22. The van der Waals surface area contributed by atoms with Crippen molar-refractivity contribution in [2.24, 2.45) is 0 Å². The second kappa shape index (κ2) is 5.82. The van der Waals surface area contributed by atoms with Crippen LogP contribution in [-0.4, -0.2) is 29.6 Å². The molecule has 0 aliphatic heterocycles. The van der Waals surface area contributed by atoms with Crippen molar-refractivity contribution in [1.82, 2.24) is 0 Å². The molecule has 0 bridgehead atoms. The fraction of sp³-hybridized carbons (Fsp3) is 1.00. The topological polar surface area (TPSA) is 115 Å².